The number of carbonyl (C=O) groups is 2. The molecule has 0 bridgehead atoms. The maximum Gasteiger partial charge on any atom is 0.316 e. The highest BCUT2D eigenvalue weighted by Crippen LogP contribution is 2.30. The average Bonchev–Trinajstić information content (AvgIpc) is 2.54. The largest absolute Gasteiger partial charge is 0.465 e. The van der Waals surface area contributed by atoms with Crippen molar-refractivity contribution < 1.29 is 19.2 Å². The van der Waals surface area contributed by atoms with Gasteiger partial charge in [-0.1, -0.05) is 0 Å². The Kier molecular flexibility index (Phi) is 7.53. The topological polar surface area (TPSA) is 89.8 Å². The molecule has 8 heteroatoms. The molecule has 0 aliphatic rings. The molecule has 0 saturated heterocycles. The van der Waals surface area contributed by atoms with Crippen LogP contribution in [0.2, 0.25) is 0 Å². The number of esters is 1. The van der Waals surface area contributed by atoms with Gasteiger partial charge in [-0.25, -0.2) is 0 Å². The van der Waals surface area contributed by atoms with E-state index in [0.29, 0.717) is 18.0 Å². The summed E-state index contributed by atoms with van der Waals surface area (Å²) in [6.45, 7) is 6.71. The molecule has 1 rings (SSSR count). The van der Waals surface area contributed by atoms with Gasteiger partial charge in [0.05, 0.1) is 22.2 Å². The van der Waals surface area contributed by atoms with E-state index in [1.54, 1.807) is 17.9 Å². The molecule has 0 N–H and O–H groups in total. The van der Waals surface area contributed by atoms with Gasteiger partial charge >= 0.3 is 5.97 Å². The second-order valence-corrected chi connectivity index (χ2v) is 5.53. The monoisotopic (exact) mass is 340 g/mol. The maximum absolute atomic E-state index is 12.3. The van der Waals surface area contributed by atoms with E-state index in [1.807, 2.05) is 13.8 Å². The molecule has 0 fully saturated rings. The lowest BCUT2D eigenvalue weighted by molar-refractivity contribution is -0.387. The maximum atomic E-state index is 12.3. The van der Waals surface area contributed by atoms with Gasteiger partial charge in [-0.3, -0.25) is 19.7 Å². The quantitative estimate of drug-likeness (QED) is 0.313. The summed E-state index contributed by atoms with van der Waals surface area (Å²) in [5.41, 5.74) is 0.0817. The Hall–Kier alpha value is -2.09. The number of thioether (sulfide) groups is 1. The number of rotatable bonds is 8. The van der Waals surface area contributed by atoms with Crippen molar-refractivity contribution in [1.82, 2.24) is 4.90 Å². The number of amides is 1. The zero-order chi connectivity index (χ0) is 17.4. The van der Waals surface area contributed by atoms with Crippen molar-refractivity contribution in [2.24, 2.45) is 0 Å². The van der Waals surface area contributed by atoms with Crippen LogP contribution in [0.5, 0.6) is 0 Å². The van der Waals surface area contributed by atoms with Crippen molar-refractivity contribution >= 4 is 29.3 Å². The van der Waals surface area contributed by atoms with Gasteiger partial charge in [0.2, 0.25) is 0 Å². The summed E-state index contributed by atoms with van der Waals surface area (Å²) in [6, 6.07) is 4.30. The van der Waals surface area contributed by atoms with Crippen LogP contribution in [0.4, 0.5) is 5.69 Å². The van der Waals surface area contributed by atoms with E-state index in [1.165, 1.54) is 12.1 Å². The summed E-state index contributed by atoms with van der Waals surface area (Å²) >= 11 is 1.02. The fourth-order valence-electron chi connectivity index (χ4n) is 1.95. The molecule has 0 aliphatic heterocycles. The Labute approximate surface area is 139 Å². The van der Waals surface area contributed by atoms with Gasteiger partial charge in [-0.05, 0) is 32.9 Å². The van der Waals surface area contributed by atoms with Crippen molar-refractivity contribution in [3.63, 3.8) is 0 Å². The average molecular weight is 340 g/mol. The number of nitro groups is 1. The molecule has 0 saturated carbocycles. The molecule has 126 valence electrons. The third kappa shape index (κ3) is 5.24. The second kappa shape index (κ2) is 9.14. The fourth-order valence-corrected chi connectivity index (χ4v) is 2.75. The molecule has 0 unspecified atom stereocenters. The van der Waals surface area contributed by atoms with Crippen LogP contribution in [-0.2, 0) is 9.53 Å². The van der Waals surface area contributed by atoms with Crippen LogP contribution in [0, 0.1) is 10.1 Å². The van der Waals surface area contributed by atoms with E-state index in [4.69, 9.17) is 4.74 Å². The van der Waals surface area contributed by atoms with E-state index in [0.717, 1.165) is 11.8 Å². The van der Waals surface area contributed by atoms with Crippen LogP contribution in [0.15, 0.2) is 23.1 Å². The molecule has 0 atom stereocenters. The third-order valence-corrected chi connectivity index (χ3v) is 4.14. The number of nitro benzene ring substituents is 1. The molecule has 1 aromatic rings. The molecule has 23 heavy (non-hydrogen) atoms. The first-order valence-corrected chi connectivity index (χ1v) is 8.29. The van der Waals surface area contributed by atoms with Crippen molar-refractivity contribution in [3.05, 3.63) is 33.9 Å². The Morgan fingerprint density at radius 1 is 1.26 bits per heavy atom. The number of hydrogen-bond donors (Lipinski definition) is 0. The molecular formula is C15H20N2O5S. The predicted octanol–water partition coefficient (Wildman–Crippen LogP) is 2.73. The minimum absolute atomic E-state index is 0.0159. The van der Waals surface area contributed by atoms with E-state index in [9.17, 15) is 19.7 Å². The molecular weight excluding hydrogens is 320 g/mol. The number of hydrogen-bond acceptors (Lipinski definition) is 6. The van der Waals surface area contributed by atoms with Gasteiger partial charge in [0, 0.05) is 24.7 Å². The van der Waals surface area contributed by atoms with Gasteiger partial charge < -0.3 is 9.64 Å². The molecule has 0 aliphatic carbocycles. The van der Waals surface area contributed by atoms with Crippen LogP contribution in [0.3, 0.4) is 0 Å². The first kappa shape index (κ1) is 19.0. The van der Waals surface area contributed by atoms with Gasteiger partial charge in [0.25, 0.3) is 11.6 Å². The highest BCUT2D eigenvalue weighted by atomic mass is 32.2. The lowest BCUT2D eigenvalue weighted by Crippen LogP contribution is -2.30. The van der Waals surface area contributed by atoms with Gasteiger partial charge in [0.15, 0.2) is 0 Å². The Bertz CT molecular complexity index is 587. The Morgan fingerprint density at radius 3 is 2.43 bits per heavy atom. The summed E-state index contributed by atoms with van der Waals surface area (Å²) in [7, 11) is 0. The molecule has 0 radical (unpaired) electrons. The Morgan fingerprint density at radius 2 is 1.91 bits per heavy atom. The van der Waals surface area contributed by atoms with Crippen LogP contribution in [0.25, 0.3) is 0 Å². The first-order valence-electron chi connectivity index (χ1n) is 7.30. The minimum atomic E-state index is -0.549. The van der Waals surface area contributed by atoms with Crippen molar-refractivity contribution in [3.8, 4) is 0 Å². The highest BCUT2D eigenvalue weighted by molar-refractivity contribution is 8.00. The number of nitrogens with zero attached hydrogens (tertiary/aromatic N) is 2. The standard InChI is InChI=1S/C15H20N2O5S/c1-4-16(5-2)15(19)11-7-8-13(12(9-11)17(20)21)23-10-14(18)22-6-3/h7-9H,4-6,10H2,1-3H3. The third-order valence-electron chi connectivity index (χ3n) is 3.10. The number of ether oxygens (including phenoxy) is 1. The molecule has 0 aromatic heterocycles. The van der Waals surface area contributed by atoms with E-state index in [-0.39, 0.29) is 29.5 Å². The first-order chi connectivity index (χ1) is 10.9. The van der Waals surface area contributed by atoms with Crippen molar-refractivity contribution in [2.45, 2.75) is 25.7 Å². The van der Waals surface area contributed by atoms with Crippen LogP contribution >= 0.6 is 11.8 Å². The second-order valence-electron chi connectivity index (χ2n) is 4.51. The summed E-state index contributed by atoms with van der Waals surface area (Å²) in [5.74, 6) is -0.701. The number of benzene rings is 1. The zero-order valence-corrected chi connectivity index (χ0v) is 14.2. The summed E-state index contributed by atoms with van der Waals surface area (Å²) in [4.78, 5) is 36.2. The highest BCUT2D eigenvalue weighted by Gasteiger charge is 2.21. The van der Waals surface area contributed by atoms with E-state index < -0.39 is 10.9 Å². The van der Waals surface area contributed by atoms with Gasteiger partial charge in [-0.2, -0.15) is 0 Å². The van der Waals surface area contributed by atoms with Gasteiger partial charge in [-0.15, -0.1) is 11.8 Å². The summed E-state index contributed by atoms with van der Waals surface area (Å²) in [6.07, 6.45) is 0. The van der Waals surface area contributed by atoms with Crippen LogP contribution in [-0.4, -0.2) is 47.1 Å². The van der Waals surface area contributed by atoms with Crippen molar-refractivity contribution in [1.29, 1.82) is 0 Å². The SMILES string of the molecule is CCOC(=O)CSc1ccc(C(=O)N(CC)CC)cc1[N+](=O)[O-]. The van der Waals surface area contributed by atoms with Crippen LogP contribution in [0.1, 0.15) is 31.1 Å². The summed E-state index contributed by atoms with van der Waals surface area (Å²) in [5, 5.41) is 11.2. The number of carbonyl (C=O) groups excluding carboxylic acids is 2. The fraction of sp³-hybridized carbons (Fsp3) is 0.467. The van der Waals surface area contributed by atoms with Crippen LogP contribution < -0.4 is 0 Å². The van der Waals surface area contributed by atoms with E-state index in [2.05, 4.69) is 0 Å². The van der Waals surface area contributed by atoms with Crippen molar-refractivity contribution in [2.75, 3.05) is 25.4 Å². The predicted molar refractivity (Wildman–Crippen MR) is 87.7 cm³/mol. The molecule has 7 nitrogen and oxygen atoms in total. The Balaban J connectivity index is 3.00. The lowest BCUT2D eigenvalue weighted by Gasteiger charge is -2.18. The smallest absolute Gasteiger partial charge is 0.316 e. The zero-order valence-electron chi connectivity index (χ0n) is 13.4. The molecule has 0 heterocycles. The molecule has 0 spiro atoms. The van der Waals surface area contributed by atoms with E-state index >= 15 is 0 Å². The van der Waals surface area contributed by atoms with Gasteiger partial charge in [0.1, 0.15) is 0 Å². The molecule has 1 amide bonds. The lowest BCUT2D eigenvalue weighted by atomic mass is 10.1. The normalized spacial score (nSPS) is 10.2. The molecule has 1 aromatic carbocycles. The minimum Gasteiger partial charge on any atom is -0.465 e. The summed E-state index contributed by atoms with van der Waals surface area (Å²) < 4.78 is 4.80.